The van der Waals surface area contributed by atoms with E-state index in [9.17, 15) is 39.9 Å². The summed E-state index contributed by atoms with van der Waals surface area (Å²) in [5, 5.41) is 72.5. The number of aromatic carboxylic acids is 1. The summed E-state index contributed by atoms with van der Waals surface area (Å²) in [6.07, 6.45) is 0.0740. The van der Waals surface area contributed by atoms with E-state index >= 15 is 4.39 Å². The Morgan fingerprint density at radius 1 is 0.982 bits per heavy atom. The molecule has 16 nitrogen and oxygen atoms in total. The number of carbonyl (C=O) groups excluding carboxylic acids is 2. The minimum Gasteiger partial charge on any atom is -0.478 e. The number of nitrogens with zero attached hydrogens (tertiary/aromatic N) is 6. The largest absolute Gasteiger partial charge is 0.478 e. The molecule has 0 spiro atoms. The Balaban J connectivity index is 1.28. The fraction of sp³-hybridized carbons (Fsp3) is 0.316. The molecular weight excluding hydrogens is 753 g/mol. The topological polar surface area (TPSA) is 235 Å². The van der Waals surface area contributed by atoms with Crippen molar-refractivity contribution in [2.45, 2.75) is 43.3 Å². The van der Waals surface area contributed by atoms with E-state index < -0.39 is 60.7 Å². The van der Waals surface area contributed by atoms with Gasteiger partial charge in [0.05, 0.1) is 29.0 Å². The lowest BCUT2D eigenvalue weighted by molar-refractivity contribution is -0.135. The lowest BCUT2D eigenvalue weighted by atomic mass is 9.84. The van der Waals surface area contributed by atoms with Gasteiger partial charge in [-0.2, -0.15) is 4.68 Å². The minimum absolute atomic E-state index is 0.0103. The second-order valence-electron chi connectivity index (χ2n) is 13.3. The first kappa shape index (κ1) is 40.3. The first-order chi connectivity index (χ1) is 26.9. The quantitative estimate of drug-likeness (QED) is 0.0952. The molecule has 0 fully saturated rings. The third kappa shape index (κ3) is 8.69. The van der Waals surface area contributed by atoms with Crippen LogP contribution in [0.5, 0.6) is 0 Å². The number of anilines is 1. The van der Waals surface area contributed by atoms with Crippen LogP contribution in [0.3, 0.4) is 0 Å². The van der Waals surface area contributed by atoms with Crippen molar-refractivity contribution in [2.75, 3.05) is 38.1 Å². The molecule has 0 radical (unpaired) electrons. The van der Waals surface area contributed by atoms with E-state index in [0.717, 1.165) is 22.8 Å². The van der Waals surface area contributed by atoms with Crippen LogP contribution in [0.2, 0.25) is 5.02 Å². The first-order valence-corrected chi connectivity index (χ1v) is 18.0. The van der Waals surface area contributed by atoms with Crippen molar-refractivity contribution >= 4 is 46.7 Å². The summed E-state index contributed by atoms with van der Waals surface area (Å²) in [5.41, 5.74) is 3.69. The average molecular weight is 792 g/mol. The van der Waals surface area contributed by atoms with Crippen molar-refractivity contribution in [1.82, 2.24) is 30.0 Å². The molecule has 4 unspecified atom stereocenters. The van der Waals surface area contributed by atoms with Gasteiger partial charge in [-0.05, 0) is 88.0 Å². The highest BCUT2D eigenvalue weighted by Gasteiger charge is 2.37. The maximum absolute atomic E-state index is 15.3. The predicted molar refractivity (Wildman–Crippen MR) is 200 cm³/mol. The number of carboxylic acid groups (broad SMARTS) is 1. The number of hydrogen-bond acceptors (Lipinski definition) is 12. The van der Waals surface area contributed by atoms with Crippen LogP contribution in [0.15, 0.2) is 73.1 Å². The highest BCUT2D eigenvalue weighted by Crippen LogP contribution is 2.37. The number of aromatic nitrogens is 4. The summed E-state index contributed by atoms with van der Waals surface area (Å²) in [4.78, 5) is 42.8. The average Bonchev–Trinajstić information content (AvgIpc) is 3.75. The third-order valence-corrected chi connectivity index (χ3v) is 10.2. The smallest absolute Gasteiger partial charge is 0.335 e. The predicted octanol–water partition coefficient (Wildman–Crippen LogP) is 1.46. The molecular formula is C38H39ClFN7O9. The zero-order valence-corrected chi connectivity index (χ0v) is 30.4. The van der Waals surface area contributed by atoms with Crippen LogP contribution in [0.4, 0.5) is 10.1 Å². The maximum atomic E-state index is 15.3. The van der Waals surface area contributed by atoms with Crippen LogP contribution in [-0.2, 0) is 16.0 Å². The Kier molecular flexibility index (Phi) is 12.7. The van der Waals surface area contributed by atoms with Gasteiger partial charge in [0.15, 0.2) is 5.82 Å². The van der Waals surface area contributed by atoms with Gasteiger partial charge in [0.2, 0.25) is 5.91 Å². The Hall–Kier alpha value is -5.40. The number of fused-ring (bicyclic) bond motifs is 1. The minimum atomic E-state index is -1.73. The van der Waals surface area contributed by atoms with Gasteiger partial charge in [-0.25, -0.2) is 9.18 Å². The molecule has 0 saturated heterocycles. The van der Waals surface area contributed by atoms with E-state index in [1.165, 1.54) is 58.4 Å². The zero-order valence-electron chi connectivity index (χ0n) is 29.7. The summed E-state index contributed by atoms with van der Waals surface area (Å²) < 4.78 is 16.6. The number of hydrogen-bond donors (Lipinski definition) is 7. The summed E-state index contributed by atoms with van der Waals surface area (Å²) in [6, 6.07) is 12.7. The summed E-state index contributed by atoms with van der Waals surface area (Å²) in [5.74, 6) is -3.11. The molecule has 2 aliphatic heterocycles. The van der Waals surface area contributed by atoms with Crippen molar-refractivity contribution in [3.05, 3.63) is 112 Å². The van der Waals surface area contributed by atoms with Gasteiger partial charge in [0.1, 0.15) is 30.7 Å². The molecule has 56 heavy (non-hydrogen) atoms. The molecule has 3 aromatic carbocycles. The van der Waals surface area contributed by atoms with Crippen LogP contribution < -0.4 is 5.32 Å². The van der Waals surface area contributed by atoms with Crippen LogP contribution >= 0.6 is 11.6 Å². The monoisotopic (exact) mass is 791 g/mol. The van der Waals surface area contributed by atoms with Crippen LogP contribution in [-0.4, -0.2) is 136 Å². The second kappa shape index (κ2) is 17.6. The van der Waals surface area contributed by atoms with Crippen LogP contribution in [0, 0.1) is 5.82 Å². The Bertz CT molecular complexity index is 2130. The standard InChI is InChI=1S/C38H39ClFN7O9/c39-28-9-10-29(47-20-41-43-44-47)27(33(28)40)8-11-32(51)46-17-14-25-24(21-12-15-45(16-13-21)18-30(49)35(52)36(53)31(50)19-48)2-1-3-26(25)34(46)37(54)42-23-6-4-22(5-7-23)38(55)56/h1-12,20,30-31,34-36,48-50,52-53H,13-19H2,(H,42,54)(H,55,56)/b11-8+/t30?,31?,34-,35?,36?/m0/s1. The normalized spacial score (nSPS) is 18.2. The molecule has 7 N–H and O–H groups in total. The van der Waals surface area contributed by atoms with Crippen molar-refractivity contribution < 1.29 is 49.4 Å². The summed E-state index contributed by atoms with van der Waals surface area (Å²) >= 11 is 6.08. The van der Waals surface area contributed by atoms with Gasteiger partial charge in [0.25, 0.3) is 5.91 Å². The lowest BCUT2D eigenvalue weighted by Gasteiger charge is -2.37. The number of carboxylic acids is 1. The lowest BCUT2D eigenvalue weighted by Crippen LogP contribution is -2.50. The molecule has 294 valence electrons. The van der Waals surface area contributed by atoms with Crippen molar-refractivity contribution in [2.24, 2.45) is 0 Å². The van der Waals surface area contributed by atoms with Gasteiger partial charge < -0.3 is 40.9 Å². The Labute approximate surface area is 324 Å². The molecule has 4 aromatic rings. The number of tetrazole rings is 1. The molecule has 5 atom stereocenters. The van der Waals surface area contributed by atoms with E-state index in [-0.39, 0.29) is 34.9 Å². The number of rotatable bonds is 13. The fourth-order valence-corrected chi connectivity index (χ4v) is 7.06. The number of nitrogens with one attached hydrogen (secondary N) is 1. The summed E-state index contributed by atoms with van der Waals surface area (Å²) in [7, 11) is 0. The van der Waals surface area contributed by atoms with E-state index in [1.54, 1.807) is 12.1 Å². The van der Waals surface area contributed by atoms with Gasteiger partial charge in [0, 0.05) is 43.5 Å². The Morgan fingerprint density at radius 3 is 2.39 bits per heavy atom. The zero-order chi connectivity index (χ0) is 40.1. The van der Waals surface area contributed by atoms with Gasteiger partial charge in [-0.15, -0.1) is 5.10 Å². The number of aliphatic hydroxyl groups excluding tert-OH is 5. The highest BCUT2D eigenvalue weighted by molar-refractivity contribution is 6.31. The van der Waals surface area contributed by atoms with Gasteiger partial charge in [-0.3, -0.25) is 14.5 Å². The second-order valence-corrected chi connectivity index (χ2v) is 13.8. The van der Waals surface area contributed by atoms with E-state index in [2.05, 4.69) is 20.8 Å². The molecule has 18 heteroatoms. The third-order valence-electron chi connectivity index (χ3n) is 9.86. The SMILES string of the molecule is O=C(O)c1ccc(NC(=O)[C@@H]2c3cccc(C4=CCN(CC(O)C(O)C(O)C(O)CO)CC4)c3CCN2C(=O)/C=C/c2c(-n3cnnn3)ccc(Cl)c2F)cc1. The van der Waals surface area contributed by atoms with Gasteiger partial charge >= 0.3 is 5.97 Å². The number of carbonyl (C=O) groups is 3. The number of aliphatic hydroxyl groups is 5. The molecule has 6 rings (SSSR count). The molecule has 3 heterocycles. The molecule has 1 aromatic heterocycles. The Morgan fingerprint density at radius 2 is 1.73 bits per heavy atom. The van der Waals surface area contributed by atoms with Gasteiger partial charge in [-0.1, -0.05) is 35.9 Å². The summed E-state index contributed by atoms with van der Waals surface area (Å²) in [6.45, 7) is 0.159. The molecule has 2 aliphatic rings. The highest BCUT2D eigenvalue weighted by atomic mass is 35.5. The number of halogens is 2. The number of benzene rings is 3. The molecule has 0 saturated carbocycles. The first-order valence-electron chi connectivity index (χ1n) is 17.6. The van der Waals surface area contributed by atoms with E-state index in [1.807, 2.05) is 17.0 Å². The fourth-order valence-electron chi connectivity index (χ4n) is 6.89. The maximum Gasteiger partial charge on any atom is 0.335 e. The van der Waals surface area contributed by atoms with E-state index in [0.29, 0.717) is 37.2 Å². The van der Waals surface area contributed by atoms with Crippen molar-refractivity contribution in [3.63, 3.8) is 0 Å². The molecule has 0 aliphatic carbocycles. The van der Waals surface area contributed by atoms with Crippen LogP contribution in [0.25, 0.3) is 17.3 Å². The van der Waals surface area contributed by atoms with E-state index in [4.69, 9.17) is 16.7 Å². The van der Waals surface area contributed by atoms with Crippen molar-refractivity contribution in [1.29, 1.82) is 0 Å². The number of β-amino-alcohol motifs (C(OH)–C–C–N with tert-alkyl or cyclic N) is 1. The van der Waals surface area contributed by atoms with Crippen LogP contribution in [0.1, 0.15) is 45.1 Å². The molecule has 0 bridgehead atoms. The number of amides is 2. The molecule has 2 amide bonds. The van der Waals surface area contributed by atoms with Crippen molar-refractivity contribution in [3.8, 4) is 5.69 Å².